The highest BCUT2D eigenvalue weighted by Crippen LogP contribution is 2.39. The zero-order valence-electron chi connectivity index (χ0n) is 16.2. The van der Waals surface area contributed by atoms with Crippen LogP contribution >= 0.6 is 35.6 Å². The van der Waals surface area contributed by atoms with E-state index in [1.165, 1.54) is 35.9 Å². The number of likely N-dealkylation sites (N-methyl/N-ethyl adjacent to an activating group) is 1. The SMILES string of the molecule is CCN1C(=O)/C(=C/c2cc(Cl)c(OCc3cccc(C(=O)O)c3)c(OC)c2)SC1=S. The predicted octanol–water partition coefficient (Wildman–Crippen LogP) is 4.85. The Kier molecular flexibility index (Phi) is 7.02. The first-order chi connectivity index (χ1) is 14.3. The van der Waals surface area contributed by atoms with Gasteiger partial charge < -0.3 is 14.6 Å². The van der Waals surface area contributed by atoms with E-state index in [9.17, 15) is 9.59 Å². The van der Waals surface area contributed by atoms with Crippen molar-refractivity contribution >= 4 is 57.9 Å². The maximum Gasteiger partial charge on any atom is 0.335 e. The van der Waals surface area contributed by atoms with E-state index in [2.05, 4.69) is 0 Å². The number of carbonyl (C=O) groups is 2. The van der Waals surface area contributed by atoms with Gasteiger partial charge in [-0.25, -0.2) is 4.79 Å². The lowest BCUT2D eigenvalue weighted by Crippen LogP contribution is -2.27. The maximum absolute atomic E-state index is 12.4. The van der Waals surface area contributed by atoms with E-state index in [4.69, 9.17) is 38.4 Å². The number of benzene rings is 2. The zero-order valence-corrected chi connectivity index (χ0v) is 18.6. The number of aromatic carboxylic acids is 1. The summed E-state index contributed by atoms with van der Waals surface area (Å²) in [7, 11) is 1.49. The molecule has 1 aliphatic rings. The van der Waals surface area contributed by atoms with E-state index >= 15 is 0 Å². The quantitative estimate of drug-likeness (QED) is 0.464. The molecular formula is C21H18ClNO5S2. The Hall–Kier alpha value is -2.55. The lowest BCUT2D eigenvalue weighted by molar-refractivity contribution is -0.121. The van der Waals surface area contributed by atoms with Gasteiger partial charge in [-0.3, -0.25) is 9.69 Å². The number of hydrogen-bond acceptors (Lipinski definition) is 6. The number of carboxylic acid groups (broad SMARTS) is 1. The second-order valence-electron chi connectivity index (χ2n) is 6.25. The summed E-state index contributed by atoms with van der Waals surface area (Å²) in [5.74, 6) is -0.418. The Morgan fingerprint density at radius 3 is 2.73 bits per heavy atom. The summed E-state index contributed by atoms with van der Waals surface area (Å²) >= 11 is 12.9. The monoisotopic (exact) mass is 463 g/mol. The fourth-order valence-corrected chi connectivity index (χ4v) is 4.49. The number of rotatable bonds is 7. The Labute approximate surface area is 188 Å². The number of nitrogens with zero attached hydrogens (tertiary/aromatic N) is 1. The molecule has 2 aromatic rings. The molecule has 6 nitrogen and oxygen atoms in total. The summed E-state index contributed by atoms with van der Waals surface area (Å²) in [5.41, 5.74) is 1.53. The van der Waals surface area contributed by atoms with Crippen LogP contribution in [0.25, 0.3) is 6.08 Å². The molecule has 1 N–H and O–H groups in total. The number of ether oxygens (including phenoxy) is 2. The second kappa shape index (κ2) is 9.51. The van der Waals surface area contributed by atoms with Crippen molar-refractivity contribution < 1.29 is 24.2 Å². The number of carbonyl (C=O) groups excluding carboxylic acids is 1. The van der Waals surface area contributed by atoms with Gasteiger partial charge in [0.1, 0.15) is 10.9 Å². The van der Waals surface area contributed by atoms with Crippen LogP contribution in [0.1, 0.15) is 28.4 Å². The summed E-state index contributed by atoms with van der Waals surface area (Å²) in [6.45, 7) is 2.50. The number of amides is 1. The van der Waals surface area contributed by atoms with Crippen LogP contribution < -0.4 is 9.47 Å². The van der Waals surface area contributed by atoms with E-state index in [1.54, 1.807) is 30.3 Å². The highest BCUT2D eigenvalue weighted by molar-refractivity contribution is 8.26. The van der Waals surface area contributed by atoms with Gasteiger partial charge in [0, 0.05) is 6.54 Å². The third kappa shape index (κ3) is 4.77. The molecule has 1 saturated heterocycles. The third-order valence-electron chi connectivity index (χ3n) is 4.30. The Balaban J connectivity index is 1.84. The van der Waals surface area contributed by atoms with Crippen molar-refractivity contribution in [3.05, 3.63) is 63.0 Å². The molecule has 0 unspecified atom stereocenters. The lowest BCUT2D eigenvalue weighted by atomic mass is 10.1. The van der Waals surface area contributed by atoms with E-state index < -0.39 is 5.97 Å². The van der Waals surface area contributed by atoms with E-state index in [0.717, 1.165) is 0 Å². The van der Waals surface area contributed by atoms with E-state index in [1.807, 2.05) is 6.92 Å². The Morgan fingerprint density at radius 1 is 1.33 bits per heavy atom. The topological polar surface area (TPSA) is 76.1 Å². The molecule has 1 heterocycles. The summed E-state index contributed by atoms with van der Waals surface area (Å²) in [4.78, 5) is 25.6. The lowest BCUT2D eigenvalue weighted by Gasteiger charge is -2.14. The molecule has 0 spiro atoms. The molecule has 156 valence electrons. The number of carboxylic acids is 1. The summed E-state index contributed by atoms with van der Waals surface area (Å²) in [6.07, 6.45) is 1.71. The fraction of sp³-hybridized carbons (Fsp3) is 0.190. The van der Waals surface area contributed by atoms with Gasteiger partial charge in [0.15, 0.2) is 11.5 Å². The molecule has 30 heavy (non-hydrogen) atoms. The number of methoxy groups -OCH3 is 1. The third-order valence-corrected chi connectivity index (χ3v) is 5.95. The van der Waals surface area contributed by atoms with Crippen LogP contribution in [0, 0.1) is 0 Å². The molecule has 0 radical (unpaired) electrons. The van der Waals surface area contributed by atoms with Crippen molar-refractivity contribution in [3.8, 4) is 11.5 Å². The van der Waals surface area contributed by atoms with Crippen molar-refractivity contribution in [2.75, 3.05) is 13.7 Å². The van der Waals surface area contributed by atoms with Gasteiger partial charge >= 0.3 is 5.97 Å². The standard InChI is InChI=1S/C21H18ClNO5S2/c1-3-23-19(24)17(30-21(23)29)10-13-8-15(22)18(16(9-13)27-2)28-11-12-5-4-6-14(7-12)20(25)26/h4-10H,3,11H2,1-2H3,(H,25,26)/b17-10-. The Bertz CT molecular complexity index is 1050. The molecular weight excluding hydrogens is 446 g/mol. The summed E-state index contributed by atoms with van der Waals surface area (Å²) in [6, 6.07) is 9.84. The highest BCUT2D eigenvalue weighted by atomic mass is 35.5. The van der Waals surface area contributed by atoms with Crippen molar-refractivity contribution in [1.29, 1.82) is 0 Å². The van der Waals surface area contributed by atoms with E-state index in [-0.39, 0.29) is 18.1 Å². The number of thioether (sulfide) groups is 1. The minimum absolute atomic E-state index is 0.117. The molecule has 9 heteroatoms. The molecule has 1 aliphatic heterocycles. The number of halogens is 1. The Morgan fingerprint density at radius 2 is 2.10 bits per heavy atom. The molecule has 0 saturated carbocycles. The zero-order chi connectivity index (χ0) is 21.8. The average Bonchev–Trinajstić information content (AvgIpc) is 2.99. The summed E-state index contributed by atoms with van der Waals surface area (Å²) < 4.78 is 11.7. The maximum atomic E-state index is 12.4. The van der Waals surface area contributed by atoms with E-state index in [0.29, 0.717) is 43.4 Å². The first-order valence-electron chi connectivity index (χ1n) is 8.92. The van der Waals surface area contributed by atoms with Crippen molar-refractivity contribution in [2.45, 2.75) is 13.5 Å². The molecule has 3 rings (SSSR count). The molecule has 0 bridgehead atoms. The van der Waals surface area contributed by atoms with Gasteiger partial charge in [0.25, 0.3) is 5.91 Å². The molecule has 0 atom stereocenters. The van der Waals surface area contributed by atoms with Crippen LogP contribution in [0.5, 0.6) is 11.5 Å². The largest absolute Gasteiger partial charge is 0.493 e. The normalized spacial score (nSPS) is 15.0. The molecule has 0 aliphatic carbocycles. The van der Waals surface area contributed by atoms with Crippen molar-refractivity contribution in [1.82, 2.24) is 4.90 Å². The van der Waals surface area contributed by atoms with Gasteiger partial charge in [-0.05, 0) is 48.4 Å². The molecule has 1 fully saturated rings. The minimum atomic E-state index is -1.01. The smallest absolute Gasteiger partial charge is 0.335 e. The van der Waals surface area contributed by atoms with Crippen molar-refractivity contribution in [3.63, 3.8) is 0 Å². The highest BCUT2D eigenvalue weighted by Gasteiger charge is 2.30. The van der Waals surface area contributed by atoms with Gasteiger partial charge in [-0.15, -0.1) is 0 Å². The van der Waals surface area contributed by atoms with Crippen LogP contribution in [-0.4, -0.2) is 39.9 Å². The number of hydrogen-bond donors (Lipinski definition) is 1. The average molecular weight is 464 g/mol. The van der Waals surface area contributed by atoms with Gasteiger partial charge in [-0.1, -0.05) is 47.7 Å². The molecule has 0 aromatic heterocycles. The molecule has 2 aromatic carbocycles. The minimum Gasteiger partial charge on any atom is -0.493 e. The summed E-state index contributed by atoms with van der Waals surface area (Å²) in [5, 5.41) is 9.42. The van der Waals surface area contributed by atoms with Gasteiger partial charge in [0.05, 0.1) is 22.6 Å². The van der Waals surface area contributed by atoms with Crippen LogP contribution in [0.3, 0.4) is 0 Å². The van der Waals surface area contributed by atoms with Gasteiger partial charge in [0.2, 0.25) is 0 Å². The van der Waals surface area contributed by atoms with Crippen LogP contribution in [-0.2, 0) is 11.4 Å². The van der Waals surface area contributed by atoms with Crippen LogP contribution in [0.2, 0.25) is 5.02 Å². The second-order valence-corrected chi connectivity index (χ2v) is 8.34. The predicted molar refractivity (Wildman–Crippen MR) is 121 cm³/mol. The number of thiocarbonyl (C=S) groups is 1. The first-order valence-corrected chi connectivity index (χ1v) is 10.5. The van der Waals surface area contributed by atoms with Gasteiger partial charge in [-0.2, -0.15) is 0 Å². The van der Waals surface area contributed by atoms with Crippen molar-refractivity contribution in [2.24, 2.45) is 0 Å². The molecule has 1 amide bonds. The first kappa shape index (κ1) is 22.1. The van der Waals surface area contributed by atoms with Crippen LogP contribution in [0.4, 0.5) is 0 Å². The fourth-order valence-electron chi connectivity index (χ4n) is 2.84. The van der Waals surface area contributed by atoms with Crippen LogP contribution in [0.15, 0.2) is 41.3 Å².